The molecule has 1 heterocycles. The molecule has 0 fully saturated rings. The van der Waals surface area contributed by atoms with Crippen molar-refractivity contribution in [1.29, 1.82) is 0 Å². The highest BCUT2D eigenvalue weighted by molar-refractivity contribution is 6.03. The first kappa shape index (κ1) is 21.7. The Morgan fingerprint density at radius 2 is 1.73 bits per heavy atom. The van der Waals surface area contributed by atoms with Crippen LogP contribution in [-0.4, -0.2) is 41.0 Å². The lowest BCUT2D eigenvalue weighted by molar-refractivity contribution is -0.141. The molecule has 1 unspecified atom stereocenters. The molecule has 0 saturated carbocycles. The molecule has 5 nitrogen and oxygen atoms in total. The number of amides is 2. The van der Waals surface area contributed by atoms with Gasteiger partial charge in [-0.15, -0.1) is 0 Å². The summed E-state index contributed by atoms with van der Waals surface area (Å²) in [5.41, 5.74) is 1.68. The topological polar surface area (TPSA) is 53.0 Å². The molecule has 0 N–H and O–H groups in total. The second kappa shape index (κ2) is 8.78. The van der Waals surface area contributed by atoms with Crippen LogP contribution < -0.4 is 0 Å². The van der Waals surface area contributed by atoms with Gasteiger partial charge >= 0.3 is 0 Å². The summed E-state index contributed by atoms with van der Waals surface area (Å²) in [6.45, 7) is 5.87. The zero-order valence-corrected chi connectivity index (χ0v) is 17.9. The Balaban J connectivity index is 1.85. The summed E-state index contributed by atoms with van der Waals surface area (Å²) in [4.78, 5) is 27.0. The fourth-order valence-corrected chi connectivity index (χ4v) is 3.49. The van der Waals surface area contributed by atoms with Crippen LogP contribution in [0.25, 0.3) is 0 Å². The maximum atomic E-state index is 14.3. The molecule has 2 amide bonds. The summed E-state index contributed by atoms with van der Waals surface area (Å²) < 4.78 is 14.3. The zero-order valence-electron chi connectivity index (χ0n) is 17.9. The van der Waals surface area contributed by atoms with Gasteiger partial charge in [-0.3, -0.25) is 9.59 Å². The highest BCUT2D eigenvalue weighted by Crippen LogP contribution is 2.33. The maximum Gasteiger partial charge on any atom is 0.262 e. The number of rotatable bonds is 5. The van der Waals surface area contributed by atoms with Crippen molar-refractivity contribution in [1.82, 2.24) is 9.91 Å². The van der Waals surface area contributed by atoms with E-state index in [-0.39, 0.29) is 35.6 Å². The van der Waals surface area contributed by atoms with Crippen LogP contribution >= 0.6 is 0 Å². The number of hydrogen-bond donors (Lipinski definition) is 0. The average Bonchev–Trinajstić information content (AvgIpc) is 3.13. The minimum Gasteiger partial charge on any atom is -0.336 e. The van der Waals surface area contributed by atoms with Crippen molar-refractivity contribution < 1.29 is 14.0 Å². The molecular weight excluding hydrogens is 381 g/mol. The summed E-state index contributed by atoms with van der Waals surface area (Å²) in [7, 11) is 1.63. The van der Waals surface area contributed by atoms with Crippen molar-refractivity contribution in [3.63, 3.8) is 0 Å². The molecule has 0 saturated heterocycles. The Morgan fingerprint density at radius 3 is 2.37 bits per heavy atom. The number of hydrazone groups is 1. The van der Waals surface area contributed by atoms with Gasteiger partial charge in [-0.25, -0.2) is 9.40 Å². The molecule has 2 aromatic rings. The summed E-state index contributed by atoms with van der Waals surface area (Å²) in [6, 6.07) is 15.7. The SMILES string of the molecule is CN(CC(=O)N1N=C(c2ccccc2F)CC1c1ccccc1)C(=O)CC(C)(C)C. The van der Waals surface area contributed by atoms with E-state index in [1.165, 1.54) is 16.0 Å². The minimum atomic E-state index is -0.366. The molecule has 0 aromatic heterocycles. The molecule has 0 aliphatic carbocycles. The monoisotopic (exact) mass is 409 g/mol. The Kier molecular flexibility index (Phi) is 6.34. The van der Waals surface area contributed by atoms with E-state index in [0.29, 0.717) is 24.1 Å². The van der Waals surface area contributed by atoms with Crippen LogP contribution in [0.15, 0.2) is 59.7 Å². The molecule has 1 aliphatic heterocycles. The molecule has 0 bridgehead atoms. The Bertz CT molecular complexity index is 950. The van der Waals surface area contributed by atoms with Gasteiger partial charge in [0.05, 0.1) is 11.8 Å². The van der Waals surface area contributed by atoms with Gasteiger partial charge < -0.3 is 4.90 Å². The molecule has 158 valence electrons. The van der Waals surface area contributed by atoms with Crippen molar-refractivity contribution >= 4 is 17.5 Å². The standard InChI is InChI=1S/C24H28FN3O2/c1-24(2,3)15-22(29)27(4)16-23(30)28-21(17-10-6-5-7-11-17)14-20(26-28)18-12-8-9-13-19(18)25/h5-13,21H,14-16H2,1-4H3. The van der Waals surface area contributed by atoms with Gasteiger partial charge in [0.1, 0.15) is 12.4 Å². The molecule has 6 heteroatoms. The van der Waals surface area contributed by atoms with Crippen LogP contribution in [0.1, 0.15) is 50.8 Å². The van der Waals surface area contributed by atoms with Gasteiger partial charge in [-0.2, -0.15) is 5.10 Å². The quantitative estimate of drug-likeness (QED) is 0.735. The largest absolute Gasteiger partial charge is 0.336 e. The second-order valence-corrected chi connectivity index (χ2v) is 8.88. The van der Waals surface area contributed by atoms with E-state index in [9.17, 15) is 14.0 Å². The van der Waals surface area contributed by atoms with E-state index in [1.807, 2.05) is 51.1 Å². The first-order valence-electron chi connectivity index (χ1n) is 10.1. The van der Waals surface area contributed by atoms with Gasteiger partial charge in [0.2, 0.25) is 5.91 Å². The third-order valence-corrected chi connectivity index (χ3v) is 5.01. The van der Waals surface area contributed by atoms with Gasteiger partial charge in [-0.1, -0.05) is 69.3 Å². The normalized spacial score (nSPS) is 16.4. The van der Waals surface area contributed by atoms with Crippen LogP contribution in [0.2, 0.25) is 0 Å². The summed E-state index contributed by atoms with van der Waals surface area (Å²) >= 11 is 0. The number of carbonyl (C=O) groups excluding carboxylic acids is 2. The van der Waals surface area contributed by atoms with E-state index < -0.39 is 0 Å². The fourth-order valence-electron chi connectivity index (χ4n) is 3.49. The summed E-state index contributed by atoms with van der Waals surface area (Å²) in [5.74, 6) is -0.751. The predicted molar refractivity (Wildman–Crippen MR) is 115 cm³/mol. The number of nitrogens with zero attached hydrogens (tertiary/aromatic N) is 3. The highest BCUT2D eigenvalue weighted by Gasteiger charge is 2.34. The van der Waals surface area contributed by atoms with Crippen LogP contribution in [0, 0.1) is 11.2 Å². The second-order valence-electron chi connectivity index (χ2n) is 8.88. The van der Waals surface area contributed by atoms with Crippen molar-refractivity contribution in [3.8, 4) is 0 Å². The van der Waals surface area contributed by atoms with Crippen molar-refractivity contribution in [2.24, 2.45) is 10.5 Å². The van der Waals surface area contributed by atoms with Crippen LogP contribution in [0.3, 0.4) is 0 Å². The number of carbonyl (C=O) groups is 2. The lowest BCUT2D eigenvalue weighted by atomic mass is 9.92. The molecular formula is C24H28FN3O2. The van der Waals surface area contributed by atoms with Crippen LogP contribution in [-0.2, 0) is 9.59 Å². The first-order chi connectivity index (χ1) is 14.2. The average molecular weight is 410 g/mol. The lowest BCUT2D eigenvalue weighted by Crippen LogP contribution is -2.40. The van der Waals surface area contributed by atoms with Crippen LogP contribution in [0.5, 0.6) is 0 Å². The van der Waals surface area contributed by atoms with Gasteiger partial charge in [0.25, 0.3) is 5.91 Å². The number of likely N-dealkylation sites (N-methyl/N-ethyl adjacent to an activating group) is 1. The molecule has 0 spiro atoms. The number of halogens is 1. The fraction of sp³-hybridized carbons (Fsp3) is 0.375. The Morgan fingerprint density at radius 1 is 1.10 bits per heavy atom. The third-order valence-electron chi connectivity index (χ3n) is 5.01. The molecule has 3 rings (SSSR count). The molecule has 0 radical (unpaired) electrons. The third kappa shape index (κ3) is 5.12. The van der Waals surface area contributed by atoms with E-state index in [4.69, 9.17) is 0 Å². The van der Waals surface area contributed by atoms with E-state index >= 15 is 0 Å². The van der Waals surface area contributed by atoms with Gasteiger partial charge in [0, 0.05) is 25.5 Å². The molecule has 2 aromatic carbocycles. The molecule has 1 aliphatic rings. The minimum absolute atomic E-state index is 0.0771. The van der Waals surface area contributed by atoms with E-state index in [2.05, 4.69) is 5.10 Å². The number of benzene rings is 2. The highest BCUT2D eigenvalue weighted by atomic mass is 19.1. The Labute approximate surface area is 177 Å². The number of hydrogen-bond acceptors (Lipinski definition) is 3. The smallest absolute Gasteiger partial charge is 0.262 e. The predicted octanol–water partition coefficient (Wildman–Crippen LogP) is 4.40. The summed E-state index contributed by atoms with van der Waals surface area (Å²) in [5, 5.41) is 5.89. The van der Waals surface area contributed by atoms with E-state index in [0.717, 1.165) is 5.56 Å². The van der Waals surface area contributed by atoms with Crippen molar-refractivity contribution in [2.45, 2.75) is 39.7 Å². The van der Waals surface area contributed by atoms with Gasteiger partial charge in [-0.05, 0) is 17.0 Å². The molecule has 30 heavy (non-hydrogen) atoms. The lowest BCUT2D eigenvalue weighted by Gasteiger charge is -2.26. The summed E-state index contributed by atoms with van der Waals surface area (Å²) in [6.07, 6.45) is 0.763. The van der Waals surface area contributed by atoms with Crippen molar-refractivity contribution in [3.05, 3.63) is 71.5 Å². The molecule has 1 atom stereocenters. The van der Waals surface area contributed by atoms with E-state index in [1.54, 1.807) is 25.2 Å². The van der Waals surface area contributed by atoms with Gasteiger partial charge in [0.15, 0.2) is 0 Å². The van der Waals surface area contributed by atoms with Crippen LogP contribution in [0.4, 0.5) is 4.39 Å². The maximum absolute atomic E-state index is 14.3. The Hall–Kier alpha value is -3.02. The first-order valence-corrected chi connectivity index (χ1v) is 10.1. The zero-order chi connectivity index (χ0) is 21.9. The van der Waals surface area contributed by atoms with Crippen molar-refractivity contribution in [2.75, 3.05) is 13.6 Å².